The average Bonchev–Trinajstić information content (AvgIpc) is 2.49. The van der Waals surface area contributed by atoms with Gasteiger partial charge in [0.2, 0.25) is 0 Å². The molecule has 0 aromatic heterocycles. The lowest BCUT2D eigenvalue weighted by Crippen LogP contribution is -2.29. The SMILES string of the molecule is O=Cc1c(Br)cc(CC2CCNCC2)c2c1OCCO2. The van der Waals surface area contributed by atoms with Crippen LogP contribution in [0.5, 0.6) is 11.5 Å². The second kappa shape index (κ2) is 6.14. The van der Waals surface area contributed by atoms with Crippen LogP contribution in [0.4, 0.5) is 0 Å². The number of carbonyl (C=O) groups is 1. The van der Waals surface area contributed by atoms with E-state index < -0.39 is 0 Å². The van der Waals surface area contributed by atoms with Crippen LogP contribution in [0.1, 0.15) is 28.8 Å². The molecule has 0 bridgehead atoms. The summed E-state index contributed by atoms with van der Waals surface area (Å²) in [4.78, 5) is 11.2. The monoisotopic (exact) mass is 339 g/mol. The van der Waals surface area contributed by atoms with Crippen molar-refractivity contribution in [1.82, 2.24) is 5.32 Å². The van der Waals surface area contributed by atoms with E-state index in [0.717, 1.165) is 41.6 Å². The number of nitrogens with one attached hydrogen (secondary N) is 1. The summed E-state index contributed by atoms with van der Waals surface area (Å²) < 4.78 is 12.2. The first-order valence-electron chi connectivity index (χ1n) is 7.06. The van der Waals surface area contributed by atoms with Gasteiger partial charge in [0.25, 0.3) is 0 Å². The Morgan fingerprint density at radius 2 is 1.95 bits per heavy atom. The smallest absolute Gasteiger partial charge is 0.173 e. The molecule has 1 N–H and O–H groups in total. The number of aldehydes is 1. The van der Waals surface area contributed by atoms with Gasteiger partial charge in [-0.1, -0.05) is 0 Å². The molecule has 0 aliphatic carbocycles. The van der Waals surface area contributed by atoms with E-state index in [9.17, 15) is 4.79 Å². The van der Waals surface area contributed by atoms with Crippen molar-refractivity contribution in [3.05, 3.63) is 21.7 Å². The van der Waals surface area contributed by atoms with E-state index in [4.69, 9.17) is 9.47 Å². The summed E-state index contributed by atoms with van der Waals surface area (Å²) in [7, 11) is 0. The first-order chi connectivity index (χ1) is 9.79. The summed E-state index contributed by atoms with van der Waals surface area (Å²) in [5.74, 6) is 2.03. The van der Waals surface area contributed by atoms with Crippen LogP contribution >= 0.6 is 15.9 Å². The highest BCUT2D eigenvalue weighted by Gasteiger charge is 2.24. The van der Waals surface area contributed by atoms with Crippen molar-refractivity contribution in [2.45, 2.75) is 19.3 Å². The highest BCUT2D eigenvalue weighted by atomic mass is 79.9. The summed E-state index contributed by atoms with van der Waals surface area (Å²) in [6.07, 6.45) is 4.17. The number of ether oxygens (including phenoxy) is 2. The number of piperidine rings is 1. The molecular formula is C15H18BrNO3. The lowest BCUT2D eigenvalue weighted by Gasteiger charge is -2.27. The fraction of sp³-hybridized carbons (Fsp3) is 0.533. The third-order valence-corrected chi connectivity index (χ3v) is 4.62. The summed E-state index contributed by atoms with van der Waals surface area (Å²) in [5, 5.41) is 3.38. The molecule has 2 heterocycles. The number of hydrogen-bond donors (Lipinski definition) is 1. The number of rotatable bonds is 3. The highest BCUT2D eigenvalue weighted by Crippen LogP contribution is 2.42. The minimum Gasteiger partial charge on any atom is -0.486 e. The number of carbonyl (C=O) groups excluding carboxylic acids is 1. The van der Waals surface area contributed by atoms with Gasteiger partial charge in [-0.2, -0.15) is 0 Å². The zero-order valence-electron chi connectivity index (χ0n) is 11.3. The predicted octanol–water partition coefficient (Wildman–Crippen LogP) is 2.57. The van der Waals surface area contributed by atoms with Gasteiger partial charge in [0, 0.05) is 4.47 Å². The number of benzene rings is 1. The molecule has 3 rings (SSSR count). The quantitative estimate of drug-likeness (QED) is 0.860. The van der Waals surface area contributed by atoms with Crippen LogP contribution in [0.15, 0.2) is 10.5 Å². The standard InChI is InChI=1S/C15H18BrNO3/c16-13-8-11(7-10-1-3-17-4-2-10)14-15(12(13)9-18)20-6-5-19-14/h8-10,17H,1-7H2. The van der Waals surface area contributed by atoms with E-state index in [2.05, 4.69) is 21.2 Å². The fourth-order valence-electron chi connectivity index (χ4n) is 2.92. The van der Waals surface area contributed by atoms with Crippen LogP contribution in [-0.2, 0) is 6.42 Å². The molecule has 1 aromatic carbocycles. The summed E-state index contributed by atoms with van der Waals surface area (Å²) in [6, 6.07) is 2.01. The second-order valence-electron chi connectivity index (χ2n) is 5.30. The zero-order valence-corrected chi connectivity index (χ0v) is 12.9. The van der Waals surface area contributed by atoms with Crippen molar-refractivity contribution in [2.24, 2.45) is 5.92 Å². The second-order valence-corrected chi connectivity index (χ2v) is 6.16. The average molecular weight is 340 g/mol. The molecule has 5 heteroatoms. The van der Waals surface area contributed by atoms with E-state index >= 15 is 0 Å². The largest absolute Gasteiger partial charge is 0.486 e. The molecule has 0 saturated carbocycles. The first-order valence-corrected chi connectivity index (χ1v) is 7.85. The first kappa shape index (κ1) is 13.9. The molecule has 1 saturated heterocycles. The lowest BCUT2D eigenvalue weighted by atomic mass is 9.90. The van der Waals surface area contributed by atoms with E-state index in [1.54, 1.807) is 0 Å². The highest BCUT2D eigenvalue weighted by molar-refractivity contribution is 9.10. The molecule has 20 heavy (non-hydrogen) atoms. The van der Waals surface area contributed by atoms with Crippen LogP contribution < -0.4 is 14.8 Å². The molecule has 4 nitrogen and oxygen atoms in total. The van der Waals surface area contributed by atoms with E-state index in [-0.39, 0.29) is 0 Å². The summed E-state index contributed by atoms with van der Waals surface area (Å²) in [5.41, 5.74) is 1.69. The van der Waals surface area contributed by atoms with Crippen LogP contribution in [0.3, 0.4) is 0 Å². The Bertz CT molecular complexity index is 512. The molecule has 2 aliphatic heterocycles. The molecule has 0 radical (unpaired) electrons. The maximum absolute atomic E-state index is 11.2. The Hall–Kier alpha value is -1.07. The summed E-state index contributed by atoms with van der Waals surface area (Å²) >= 11 is 3.47. The lowest BCUT2D eigenvalue weighted by molar-refractivity contribution is 0.111. The van der Waals surface area contributed by atoms with Crippen LogP contribution in [0.25, 0.3) is 0 Å². The molecule has 0 amide bonds. The van der Waals surface area contributed by atoms with Gasteiger partial charge in [0.15, 0.2) is 17.8 Å². The van der Waals surface area contributed by atoms with Crippen LogP contribution in [-0.4, -0.2) is 32.6 Å². The van der Waals surface area contributed by atoms with E-state index in [1.165, 1.54) is 12.8 Å². The zero-order chi connectivity index (χ0) is 13.9. The molecule has 0 atom stereocenters. The van der Waals surface area contributed by atoms with Crippen molar-refractivity contribution in [2.75, 3.05) is 26.3 Å². The van der Waals surface area contributed by atoms with Gasteiger partial charge < -0.3 is 14.8 Å². The Kier molecular flexibility index (Phi) is 4.27. The fourth-order valence-corrected chi connectivity index (χ4v) is 3.47. The third-order valence-electron chi connectivity index (χ3n) is 3.96. The predicted molar refractivity (Wildman–Crippen MR) is 79.8 cm³/mol. The number of hydrogen-bond acceptors (Lipinski definition) is 4. The molecular weight excluding hydrogens is 322 g/mol. The van der Waals surface area contributed by atoms with Crippen molar-refractivity contribution >= 4 is 22.2 Å². The van der Waals surface area contributed by atoms with Gasteiger partial charge in [-0.05, 0) is 65.8 Å². The van der Waals surface area contributed by atoms with E-state index in [0.29, 0.717) is 30.4 Å². The Morgan fingerprint density at radius 3 is 2.65 bits per heavy atom. The third kappa shape index (κ3) is 2.69. The normalized spacial score (nSPS) is 18.9. The molecule has 1 aromatic rings. The minimum atomic E-state index is 0.497. The van der Waals surface area contributed by atoms with Crippen LogP contribution in [0.2, 0.25) is 0 Å². The Morgan fingerprint density at radius 1 is 1.25 bits per heavy atom. The Balaban J connectivity index is 1.93. The Labute approximate surface area is 127 Å². The molecule has 1 fully saturated rings. The van der Waals surface area contributed by atoms with Gasteiger partial charge >= 0.3 is 0 Å². The van der Waals surface area contributed by atoms with Gasteiger partial charge in [0.05, 0.1) is 5.56 Å². The maximum atomic E-state index is 11.2. The van der Waals surface area contributed by atoms with Gasteiger partial charge in [-0.25, -0.2) is 0 Å². The van der Waals surface area contributed by atoms with Gasteiger partial charge in [-0.15, -0.1) is 0 Å². The van der Waals surface area contributed by atoms with Gasteiger partial charge in [0.1, 0.15) is 13.2 Å². The molecule has 0 unspecified atom stereocenters. The molecule has 0 spiro atoms. The molecule has 2 aliphatic rings. The maximum Gasteiger partial charge on any atom is 0.173 e. The number of fused-ring (bicyclic) bond motifs is 1. The molecule has 108 valence electrons. The topological polar surface area (TPSA) is 47.6 Å². The van der Waals surface area contributed by atoms with Gasteiger partial charge in [-0.3, -0.25) is 4.79 Å². The van der Waals surface area contributed by atoms with Crippen molar-refractivity contribution in [3.8, 4) is 11.5 Å². The van der Waals surface area contributed by atoms with E-state index in [1.807, 2.05) is 6.07 Å². The summed E-state index contributed by atoms with van der Waals surface area (Å²) in [6.45, 7) is 3.21. The van der Waals surface area contributed by atoms with Crippen molar-refractivity contribution in [1.29, 1.82) is 0 Å². The number of halogens is 1. The van der Waals surface area contributed by atoms with Crippen LogP contribution in [0, 0.1) is 5.92 Å². The van der Waals surface area contributed by atoms with Crippen molar-refractivity contribution < 1.29 is 14.3 Å². The minimum absolute atomic E-state index is 0.497. The van der Waals surface area contributed by atoms with Crippen molar-refractivity contribution in [3.63, 3.8) is 0 Å².